The molecular weight excluding hydrogens is 297 g/mol. The maximum Gasteiger partial charge on any atom is 0.452 e. The highest BCUT2D eigenvalue weighted by Crippen LogP contribution is 2.33. The number of hydrogen-bond donors (Lipinski definition) is 0. The molecule has 0 N–H and O–H groups in total. The van der Waals surface area contributed by atoms with E-state index in [4.69, 9.17) is 4.42 Å². The van der Waals surface area contributed by atoms with Gasteiger partial charge in [-0.25, -0.2) is 4.98 Å². The van der Waals surface area contributed by atoms with Gasteiger partial charge in [-0.3, -0.25) is 4.40 Å². The van der Waals surface area contributed by atoms with Crippen molar-refractivity contribution in [3.63, 3.8) is 0 Å². The molecule has 0 unspecified atom stereocenters. The summed E-state index contributed by atoms with van der Waals surface area (Å²) in [6.45, 7) is 0. The van der Waals surface area contributed by atoms with Gasteiger partial charge in [0.15, 0.2) is 5.65 Å². The molecule has 5 nitrogen and oxygen atoms in total. The van der Waals surface area contributed by atoms with Gasteiger partial charge in [-0.1, -0.05) is 12.1 Å². The molecular formula is C14H7F3N4O. The van der Waals surface area contributed by atoms with Gasteiger partial charge in [-0.05, 0) is 18.2 Å². The van der Waals surface area contributed by atoms with Gasteiger partial charge in [0.05, 0.1) is 23.6 Å². The second kappa shape index (κ2) is 4.30. The van der Waals surface area contributed by atoms with Crippen LogP contribution in [0.25, 0.3) is 27.9 Å². The topological polar surface area (TPSA) is 56.2 Å². The minimum absolute atomic E-state index is 0.0347. The molecule has 1 aromatic carbocycles. The molecule has 3 aromatic heterocycles. The van der Waals surface area contributed by atoms with Crippen molar-refractivity contribution in [2.45, 2.75) is 6.18 Å². The first-order valence-corrected chi connectivity index (χ1v) is 6.29. The fraction of sp³-hybridized carbons (Fsp3) is 0.0714. The van der Waals surface area contributed by atoms with E-state index >= 15 is 0 Å². The fourth-order valence-corrected chi connectivity index (χ4v) is 2.36. The normalized spacial score (nSPS) is 12.3. The van der Waals surface area contributed by atoms with Crippen LogP contribution in [0.3, 0.4) is 0 Å². The zero-order chi connectivity index (χ0) is 15.3. The molecule has 0 radical (unpaired) electrons. The molecule has 8 heteroatoms. The number of halogens is 3. The molecule has 4 aromatic rings. The van der Waals surface area contributed by atoms with Crippen LogP contribution in [0.2, 0.25) is 0 Å². The van der Waals surface area contributed by atoms with Crippen LogP contribution in [0.4, 0.5) is 13.2 Å². The minimum atomic E-state index is -4.61. The Kier molecular flexibility index (Phi) is 2.50. The van der Waals surface area contributed by atoms with Crippen LogP contribution < -0.4 is 0 Å². The summed E-state index contributed by atoms with van der Waals surface area (Å²) in [5.41, 5.74) is 1.57. The number of rotatable bonds is 1. The van der Waals surface area contributed by atoms with Gasteiger partial charge >= 0.3 is 6.18 Å². The van der Waals surface area contributed by atoms with Crippen LogP contribution in [0.1, 0.15) is 5.82 Å². The highest BCUT2D eigenvalue weighted by Gasteiger charge is 2.38. The van der Waals surface area contributed by atoms with Crippen LogP contribution in [0, 0.1) is 0 Å². The van der Waals surface area contributed by atoms with E-state index in [0.29, 0.717) is 16.6 Å². The lowest BCUT2D eigenvalue weighted by atomic mass is 10.2. The molecule has 3 heterocycles. The van der Waals surface area contributed by atoms with Crippen LogP contribution in [-0.2, 0) is 6.18 Å². The van der Waals surface area contributed by atoms with Gasteiger partial charge in [0, 0.05) is 5.56 Å². The van der Waals surface area contributed by atoms with Crippen LogP contribution in [0.5, 0.6) is 0 Å². The van der Waals surface area contributed by atoms with Crippen LogP contribution in [0.15, 0.2) is 47.3 Å². The second-order valence-corrected chi connectivity index (χ2v) is 4.64. The third kappa shape index (κ3) is 1.77. The van der Waals surface area contributed by atoms with E-state index in [1.54, 1.807) is 30.3 Å². The molecule has 0 aliphatic rings. The van der Waals surface area contributed by atoms with E-state index in [1.807, 2.05) is 0 Å². The lowest BCUT2D eigenvalue weighted by Crippen LogP contribution is -2.11. The van der Waals surface area contributed by atoms with Gasteiger partial charge in [0.25, 0.3) is 0 Å². The maximum absolute atomic E-state index is 13.2. The number of para-hydroxylation sites is 2. The van der Waals surface area contributed by atoms with E-state index in [9.17, 15) is 13.2 Å². The van der Waals surface area contributed by atoms with Gasteiger partial charge in [0.2, 0.25) is 5.82 Å². The summed E-state index contributed by atoms with van der Waals surface area (Å²) in [4.78, 5) is 4.39. The van der Waals surface area contributed by atoms with E-state index < -0.39 is 12.0 Å². The number of fused-ring (bicyclic) bond motifs is 3. The Hall–Kier alpha value is -2.90. The van der Waals surface area contributed by atoms with Crippen molar-refractivity contribution >= 4 is 16.7 Å². The number of hydrogen-bond acceptors (Lipinski definition) is 4. The Morgan fingerprint density at radius 3 is 2.59 bits per heavy atom. The van der Waals surface area contributed by atoms with E-state index in [0.717, 1.165) is 4.40 Å². The van der Waals surface area contributed by atoms with Gasteiger partial charge < -0.3 is 4.42 Å². The Morgan fingerprint density at radius 2 is 1.86 bits per heavy atom. The number of aromatic nitrogens is 4. The summed E-state index contributed by atoms with van der Waals surface area (Å²) >= 11 is 0. The average molecular weight is 304 g/mol. The van der Waals surface area contributed by atoms with Crippen LogP contribution >= 0.6 is 0 Å². The van der Waals surface area contributed by atoms with E-state index in [-0.39, 0.29) is 11.3 Å². The zero-order valence-corrected chi connectivity index (χ0v) is 10.9. The van der Waals surface area contributed by atoms with E-state index in [2.05, 4.69) is 15.2 Å². The number of benzene rings is 1. The first-order valence-electron chi connectivity index (χ1n) is 6.29. The average Bonchev–Trinajstić information content (AvgIpc) is 3.15. The molecule has 22 heavy (non-hydrogen) atoms. The quantitative estimate of drug-likeness (QED) is 0.539. The van der Waals surface area contributed by atoms with Crippen molar-refractivity contribution in [3.05, 3.63) is 48.7 Å². The molecule has 0 fully saturated rings. The highest BCUT2D eigenvalue weighted by molar-refractivity contribution is 5.85. The Morgan fingerprint density at radius 1 is 1.05 bits per heavy atom. The highest BCUT2D eigenvalue weighted by atomic mass is 19.4. The zero-order valence-electron chi connectivity index (χ0n) is 10.9. The van der Waals surface area contributed by atoms with Gasteiger partial charge in [-0.2, -0.15) is 13.2 Å². The molecule has 0 bridgehead atoms. The van der Waals surface area contributed by atoms with Crippen molar-refractivity contribution in [3.8, 4) is 11.3 Å². The summed E-state index contributed by atoms with van der Waals surface area (Å²) in [6.07, 6.45) is -1.79. The van der Waals surface area contributed by atoms with Crippen molar-refractivity contribution in [2.24, 2.45) is 0 Å². The second-order valence-electron chi connectivity index (χ2n) is 4.64. The minimum Gasteiger partial charge on any atom is -0.472 e. The first kappa shape index (κ1) is 12.8. The standard InChI is InChI=1S/C14H7F3N4O/c15-14(16,17)13-20-19-12-11(8-5-6-22-7-8)18-9-3-1-2-4-10(9)21(12)13/h1-7H. The van der Waals surface area contributed by atoms with Crippen LogP contribution in [-0.4, -0.2) is 19.6 Å². The largest absolute Gasteiger partial charge is 0.472 e. The fourth-order valence-electron chi connectivity index (χ4n) is 2.36. The summed E-state index contributed by atoms with van der Waals surface area (Å²) in [5.74, 6) is -1.08. The molecule has 0 aliphatic heterocycles. The van der Waals surface area contributed by atoms with Crippen molar-refractivity contribution in [1.29, 1.82) is 0 Å². The maximum atomic E-state index is 13.2. The first-order chi connectivity index (χ1) is 10.6. The SMILES string of the molecule is FC(F)(F)c1nnc2c(-c3ccoc3)nc3ccccc3n12. The number of nitrogens with zero attached hydrogens (tertiary/aromatic N) is 4. The molecule has 0 aliphatic carbocycles. The van der Waals surface area contributed by atoms with Gasteiger partial charge in [-0.15, -0.1) is 10.2 Å². The number of furan rings is 1. The third-order valence-corrected chi connectivity index (χ3v) is 3.28. The summed E-state index contributed by atoms with van der Waals surface area (Å²) in [7, 11) is 0. The summed E-state index contributed by atoms with van der Waals surface area (Å²) < 4.78 is 45.5. The molecule has 110 valence electrons. The third-order valence-electron chi connectivity index (χ3n) is 3.28. The Bertz CT molecular complexity index is 973. The van der Waals surface area contributed by atoms with E-state index in [1.165, 1.54) is 12.5 Å². The number of alkyl halides is 3. The predicted octanol–water partition coefficient (Wildman–Crippen LogP) is 3.56. The molecule has 0 saturated heterocycles. The molecule has 4 rings (SSSR count). The molecule has 0 saturated carbocycles. The van der Waals surface area contributed by atoms with Gasteiger partial charge in [0.1, 0.15) is 5.69 Å². The smallest absolute Gasteiger partial charge is 0.452 e. The summed E-state index contributed by atoms with van der Waals surface area (Å²) in [6, 6.07) is 8.14. The molecule has 0 spiro atoms. The molecule has 0 atom stereocenters. The Balaban J connectivity index is 2.20. The predicted molar refractivity (Wildman–Crippen MR) is 71.0 cm³/mol. The monoisotopic (exact) mass is 304 g/mol. The lowest BCUT2D eigenvalue weighted by molar-refractivity contribution is -0.145. The Labute approximate surface area is 121 Å². The summed E-state index contributed by atoms with van der Waals surface area (Å²) in [5, 5.41) is 6.98. The van der Waals surface area contributed by atoms with Crippen molar-refractivity contribution < 1.29 is 17.6 Å². The molecule has 0 amide bonds. The van der Waals surface area contributed by atoms with Crippen molar-refractivity contribution in [1.82, 2.24) is 19.6 Å². The lowest BCUT2D eigenvalue weighted by Gasteiger charge is -2.09. The van der Waals surface area contributed by atoms with Crippen molar-refractivity contribution in [2.75, 3.05) is 0 Å².